The average Bonchev–Trinajstić information content (AvgIpc) is 1.79. The molecule has 0 amide bonds. The first kappa shape index (κ1) is 11.0. The summed E-state index contributed by atoms with van der Waals surface area (Å²) >= 11 is 0. The lowest BCUT2D eigenvalue weighted by molar-refractivity contribution is -0.154. The first-order valence-corrected chi connectivity index (χ1v) is 3.90. The lowest BCUT2D eigenvalue weighted by Gasteiger charge is -2.19. The zero-order valence-corrected chi connectivity index (χ0v) is 7.89. The van der Waals surface area contributed by atoms with Gasteiger partial charge >= 0.3 is 5.97 Å². The highest BCUT2D eigenvalue weighted by Crippen LogP contribution is 2.10. The van der Waals surface area contributed by atoms with Crippen LogP contribution < -0.4 is 0 Å². The van der Waals surface area contributed by atoms with Crippen molar-refractivity contribution in [2.75, 3.05) is 0 Å². The summed E-state index contributed by atoms with van der Waals surface area (Å²) in [5.74, 6) is -0.293. The fourth-order valence-electron chi connectivity index (χ4n) is 0.639. The van der Waals surface area contributed by atoms with Gasteiger partial charge in [0.2, 0.25) is 0 Å². The smallest absolute Gasteiger partial charge is 0.306 e. The van der Waals surface area contributed by atoms with Crippen molar-refractivity contribution in [2.45, 2.75) is 39.2 Å². The highest BCUT2D eigenvalue weighted by Gasteiger charge is 2.15. The number of ether oxygens (including phenoxy) is 1. The molecule has 0 spiro atoms. The molecule has 0 aliphatic rings. The Hall–Kier alpha value is -0.990. The van der Waals surface area contributed by atoms with Crippen LogP contribution in [0, 0.1) is 0 Å². The summed E-state index contributed by atoms with van der Waals surface area (Å²) in [4.78, 5) is 11.0. The quantitative estimate of drug-likeness (QED) is 0.524. The summed E-state index contributed by atoms with van der Waals surface area (Å²) in [6.45, 7) is 8.68. The van der Waals surface area contributed by atoms with Gasteiger partial charge in [0.25, 0.3) is 0 Å². The predicted octanol–water partition coefficient (Wildman–Crippen LogP) is 2.18. The molecule has 0 atom stereocenters. The lowest BCUT2D eigenvalue weighted by atomic mass is 10.2. The molecular weight excluding hydrogens is 156 g/mol. The van der Waals surface area contributed by atoms with Gasteiger partial charge in [0.05, 0.1) is 12.2 Å². The third kappa shape index (κ3) is 7.12. The fourth-order valence-corrected chi connectivity index (χ4v) is 0.639. The Kier molecular flexibility index (Phi) is 3.80. The number of carbonyl (C=O) groups excluding carboxylic acids is 1. The Morgan fingerprint density at radius 3 is 2.25 bits per heavy atom. The van der Waals surface area contributed by atoms with E-state index in [1.54, 1.807) is 20.8 Å². The molecule has 0 fully saturated rings. The summed E-state index contributed by atoms with van der Waals surface area (Å²) in [5.41, 5.74) is -0.451. The van der Waals surface area contributed by atoms with Crippen molar-refractivity contribution in [1.82, 2.24) is 0 Å². The van der Waals surface area contributed by atoms with Crippen LogP contribution in [0.5, 0.6) is 0 Å². The summed E-state index contributed by atoms with van der Waals surface area (Å²) in [6, 6.07) is 0. The van der Waals surface area contributed by atoms with Crippen molar-refractivity contribution in [3.8, 4) is 0 Å². The van der Waals surface area contributed by atoms with Gasteiger partial charge in [-0.15, -0.1) is 0 Å². The van der Waals surface area contributed by atoms with E-state index in [4.69, 9.17) is 9.84 Å². The van der Waals surface area contributed by atoms with E-state index in [9.17, 15) is 4.79 Å². The molecule has 0 bridgehead atoms. The van der Waals surface area contributed by atoms with Crippen LogP contribution in [-0.2, 0) is 9.53 Å². The second-order valence-corrected chi connectivity index (χ2v) is 3.65. The maximum Gasteiger partial charge on any atom is 0.306 e. The largest absolute Gasteiger partial charge is 0.513 e. The van der Waals surface area contributed by atoms with Crippen molar-refractivity contribution < 1.29 is 14.6 Å². The lowest BCUT2D eigenvalue weighted by Crippen LogP contribution is -2.23. The highest BCUT2D eigenvalue weighted by atomic mass is 16.6. The zero-order valence-electron chi connectivity index (χ0n) is 7.89. The maximum atomic E-state index is 11.0. The zero-order chi connectivity index (χ0) is 9.78. The molecule has 0 rings (SSSR count). The Morgan fingerprint density at radius 2 is 1.92 bits per heavy atom. The van der Waals surface area contributed by atoms with E-state index in [-0.39, 0.29) is 24.6 Å². The number of allylic oxidation sites excluding steroid dienone is 1. The Labute approximate surface area is 73.0 Å². The van der Waals surface area contributed by atoms with Crippen molar-refractivity contribution in [2.24, 2.45) is 0 Å². The molecule has 1 N–H and O–H groups in total. The second kappa shape index (κ2) is 4.14. The topological polar surface area (TPSA) is 46.5 Å². The normalized spacial score (nSPS) is 10.9. The van der Waals surface area contributed by atoms with Crippen LogP contribution in [0.15, 0.2) is 12.3 Å². The van der Waals surface area contributed by atoms with Crippen molar-refractivity contribution in [3.63, 3.8) is 0 Å². The van der Waals surface area contributed by atoms with Gasteiger partial charge < -0.3 is 9.84 Å². The SMILES string of the molecule is C=C(O)CCC(=O)OC(C)(C)C. The van der Waals surface area contributed by atoms with Gasteiger partial charge in [-0.1, -0.05) is 6.58 Å². The van der Waals surface area contributed by atoms with E-state index in [1.165, 1.54) is 0 Å². The third-order valence-corrected chi connectivity index (χ3v) is 1.04. The van der Waals surface area contributed by atoms with Crippen LogP contribution in [0.3, 0.4) is 0 Å². The van der Waals surface area contributed by atoms with Gasteiger partial charge in [-0.25, -0.2) is 0 Å². The minimum absolute atomic E-state index is 0.0147. The Bertz CT molecular complexity index is 177. The van der Waals surface area contributed by atoms with E-state index in [2.05, 4.69) is 6.58 Å². The van der Waals surface area contributed by atoms with E-state index in [0.29, 0.717) is 0 Å². The van der Waals surface area contributed by atoms with Crippen LogP contribution >= 0.6 is 0 Å². The summed E-state index contributed by atoms with van der Waals surface area (Å²) in [7, 11) is 0. The van der Waals surface area contributed by atoms with E-state index in [1.807, 2.05) is 0 Å². The molecule has 0 aromatic rings. The highest BCUT2D eigenvalue weighted by molar-refractivity contribution is 5.70. The molecule has 0 aromatic carbocycles. The minimum atomic E-state index is -0.451. The van der Waals surface area contributed by atoms with Gasteiger partial charge in [0, 0.05) is 6.42 Å². The number of carbonyl (C=O) groups is 1. The number of esters is 1. The molecule has 0 aliphatic heterocycles. The van der Waals surface area contributed by atoms with Crippen LogP contribution in [0.2, 0.25) is 0 Å². The van der Waals surface area contributed by atoms with Gasteiger partial charge in [0.1, 0.15) is 5.60 Å². The van der Waals surface area contributed by atoms with Crippen LogP contribution in [0.25, 0.3) is 0 Å². The first-order chi connectivity index (χ1) is 5.31. The Balaban J connectivity index is 3.68. The second-order valence-electron chi connectivity index (χ2n) is 3.65. The standard InChI is InChI=1S/C9H16O3/c1-7(10)5-6-8(11)12-9(2,3)4/h10H,1,5-6H2,2-4H3. The molecule has 0 aliphatic carbocycles. The number of hydrogen-bond acceptors (Lipinski definition) is 3. The molecule has 3 nitrogen and oxygen atoms in total. The third-order valence-electron chi connectivity index (χ3n) is 1.04. The number of aliphatic hydroxyl groups is 1. The van der Waals surface area contributed by atoms with E-state index >= 15 is 0 Å². The van der Waals surface area contributed by atoms with Gasteiger partial charge in [-0.2, -0.15) is 0 Å². The summed E-state index contributed by atoms with van der Waals surface area (Å²) in [5, 5.41) is 8.70. The number of rotatable bonds is 3. The minimum Gasteiger partial charge on any atom is -0.513 e. The Morgan fingerprint density at radius 1 is 1.42 bits per heavy atom. The fraction of sp³-hybridized carbons (Fsp3) is 0.667. The number of aliphatic hydroxyl groups excluding tert-OH is 1. The molecule has 3 heteroatoms. The number of hydrogen-bond donors (Lipinski definition) is 1. The van der Waals surface area contributed by atoms with E-state index in [0.717, 1.165) is 0 Å². The van der Waals surface area contributed by atoms with Gasteiger partial charge in [-0.3, -0.25) is 4.79 Å². The van der Waals surface area contributed by atoms with Crippen LogP contribution in [0.1, 0.15) is 33.6 Å². The first-order valence-electron chi connectivity index (χ1n) is 3.90. The molecule has 12 heavy (non-hydrogen) atoms. The van der Waals surface area contributed by atoms with Crippen molar-refractivity contribution in [3.05, 3.63) is 12.3 Å². The molecule has 0 aromatic heterocycles. The van der Waals surface area contributed by atoms with E-state index < -0.39 is 5.60 Å². The molecule has 0 heterocycles. The summed E-state index contributed by atoms with van der Waals surface area (Å²) in [6.07, 6.45) is 0.460. The molecule has 0 radical (unpaired) electrons. The molecule has 0 unspecified atom stereocenters. The van der Waals surface area contributed by atoms with Crippen LogP contribution in [0.4, 0.5) is 0 Å². The molecule has 0 saturated carbocycles. The maximum absolute atomic E-state index is 11.0. The van der Waals surface area contributed by atoms with Gasteiger partial charge in [-0.05, 0) is 20.8 Å². The summed E-state index contributed by atoms with van der Waals surface area (Å²) < 4.78 is 5.00. The average molecular weight is 172 g/mol. The molecule has 0 saturated heterocycles. The molecule has 70 valence electrons. The monoisotopic (exact) mass is 172 g/mol. The predicted molar refractivity (Wildman–Crippen MR) is 46.8 cm³/mol. The van der Waals surface area contributed by atoms with Crippen molar-refractivity contribution in [1.29, 1.82) is 0 Å². The van der Waals surface area contributed by atoms with Crippen LogP contribution in [-0.4, -0.2) is 16.7 Å². The molecular formula is C9H16O3. The van der Waals surface area contributed by atoms with Crippen molar-refractivity contribution >= 4 is 5.97 Å². The van der Waals surface area contributed by atoms with Gasteiger partial charge in [0.15, 0.2) is 0 Å².